The average molecular weight is 435 g/mol. The molecule has 5 nitrogen and oxygen atoms in total. The minimum Gasteiger partial charge on any atom is -0.497 e. The molecule has 158 valence electrons. The molecule has 0 bridgehead atoms. The van der Waals surface area contributed by atoms with E-state index in [0.29, 0.717) is 41.3 Å². The smallest absolute Gasteiger partial charge is 0.261 e. The summed E-state index contributed by atoms with van der Waals surface area (Å²) in [5.74, 6) is 2.15. The van der Waals surface area contributed by atoms with Gasteiger partial charge in [0.05, 0.1) is 24.6 Å². The molecule has 6 heteroatoms. The van der Waals surface area contributed by atoms with Gasteiger partial charge in [0.1, 0.15) is 17.3 Å². The van der Waals surface area contributed by atoms with Gasteiger partial charge in [-0.3, -0.25) is 9.36 Å². The number of nitrogens with zero attached hydrogens (tertiary/aromatic N) is 2. The van der Waals surface area contributed by atoms with Gasteiger partial charge in [-0.25, -0.2) is 4.98 Å². The van der Waals surface area contributed by atoms with Gasteiger partial charge in [0.25, 0.3) is 5.56 Å². The van der Waals surface area contributed by atoms with Gasteiger partial charge in [0, 0.05) is 17.1 Å². The molecule has 0 saturated carbocycles. The highest BCUT2D eigenvalue weighted by Gasteiger charge is 2.14. The Morgan fingerprint density at radius 2 is 1.81 bits per heavy atom. The molecule has 0 atom stereocenters. The Hall–Kier alpha value is -3.31. The van der Waals surface area contributed by atoms with Crippen LogP contribution >= 0.6 is 11.6 Å². The summed E-state index contributed by atoms with van der Waals surface area (Å²) in [5.41, 5.74) is 2.44. The molecule has 1 heterocycles. The second-order valence-corrected chi connectivity index (χ2v) is 7.55. The van der Waals surface area contributed by atoms with Gasteiger partial charge < -0.3 is 9.47 Å². The molecule has 0 fully saturated rings. The fraction of sp³-hybridized carbons (Fsp3) is 0.200. The molecule has 1 aromatic heterocycles. The van der Waals surface area contributed by atoms with Crippen LogP contribution in [-0.2, 0) is 13.0 Å². The second kappa shape index (κ2) is 9.23. The largest absolute Gasteiger partial charge is 0.497 e. The molecule has 4 aromatic rings. The third-order valence-electron chi connectivity index (χ3n) is 5.10. The maximum atomic E-state index is 13.4. The summed E-state index contributed by atoms with van der Waals surface area (Å²) < 4.78 is 12.6. The number of methoxy groups -OCH3 is 1. The van der Waals surface area contributed by atoms with E-state index >= 15 is 0 Å². The second-order valence-electron chi connectivity index (χ2n) is 7.11. The van der Waals surface area contributed by atoms with Crippen LogP contribution in [0, 0.1) is 0 Å². The van der Waals surface area contributed by atoms with Crippen LogP contribution in [-0.4, -0.2) is 23.3 Å². The first kappa shape index (κ1) is 20.9. The fourth-order valence-corrected chi connectivity index (χ4v) is 3.72. The van der Waals surface area contributed by atoms with Crippen molar-refractivity contribution in [2.75, 3.05) is 13.7 Å². The van der Waals surface area contributed by atoms with Crippen LogP contribution in [0.1, 0.15) is 12.5 Å². The lowest BCUT2D eigenvalue weighted by Crippen LogP contribution is -2.24. The van der Waals surface area contributed by atoms with E-state index in [-0.39, 0.29) is 5.56 Å². The first-order valence-electron chi connectivity index (χ1n) is 10.2. The van der Waals surface area contributed by atoms with Crippen molar-refractivity contribution < 1.29 is 9.47 Å². The summed E-state index contributed by atoms with van der Waals surface area (Å²) in [7, 11) is 1.64. The Labute approximate surface area is 185 Å². The van der Waals surface area contributed by atoms with Crippen molar-refractivity contribution in [2.24, 2.45) is 0 Å². The molecule has 0 saturated heterocycles. The summed E-state index contributed by atoms with van der Waals surface area (Å²) in [6.07, 6.45) is 0.676. The quantitative estimate of drug-likeness (QED) is 0.392. The number of ether oxygens (including phenoxy) is 2. The van der Waals surface area contributed by atoms with E-state index in [4.69, 9.17) is 26.1 Å². The Kier molecular flexibility index (Phi) is 6.23. The summed E-state index contributed by atoms with van der Waals surface area (Å²) in [6, 6.07) is 20.7. The van der Waals surface area contributed by atoms with Gasteiger partial charge in [-0.1, -0.05) is 35.9 Å². The minimum atomic E-state index is -0.113. The third kappa shape index (κ3) is 4.57. The Morgan fingerprint density at radius 3 is 2.55 bits per heavy atom. The highest BCUT2D eigenvalue weighted by molar-refractivity contribution is 6.31. The molecular formula is C25H23ClN2O3. The molecule has 0 aliphatic carbocycles. The predicted molar refractivity (Wildman–Crippen MR) is 124 cm³/mol. The number of rotatable bonds is 7. The van der Waals surface area contributed by atoms with Gasteiger partial charge in [-0.15, -0.1) is 0 Å². The molecule has 0 amide bonds. The SMILES string of the molecule is CCOc1cccc(-c2nc3ccc(Cl)cc3c(=O)n2CCc2ccc(OC)cc2)c1. The lowest BCUT2D eigenvalue weighted by Gasteiger charge is -2.15. The van der Waals surface area contributed by atoms with Crippen molar-refractivity contribution >= 4 is 22.5 Å². The monoisotopic (exact) mass is 434 g/mol. The van der Waals surface area contributed by atoms with Crippen LogP contribution in [0.3, 0.4) is 0 Å². The minimum absolute atomic E-state index is 0.113. The Bertz CT molecular complexity index is 1270. The van der Waals surface area contributed by atoms with E-state index in [9.17, 15) is 4.79 Å². The Balaban J connectivity index is 1.80. The van der Waals surface area contributed by atoms with Crippen LogP contribution in [0.15, 0.2) is 71.5 Å². The van der Waals surface area contributed by atoms with Gasteiger partial charge in [-0.2, -0.15) is 0 Å². The molecular weight excluding hydrogens is 412 g/mol. The summed E-state index contributed by atoms with van der Waals surface area (Å²) in [6.45, 7) is 2.99. The van der Waals surface area contributed by atoms with Crippen molar-refractivity contribution in [1.29, 1.82) is 0 Å². The highest BCUT2D eigenvalue weighted by atomic mass is 35.5. The van der Waals surface area contributed by atoms with Crippen molar-refractivity contribution in [3.63, 3.8) is 0 Å². The first-order chi connectivity index (χ1) is 15.1. The molecule has 0 radical (unpaired) electrons. The molecule has 0 aliphatic heterocycles. The van der Waals surface area contributed by atoms with E-state index in [0.717, 1.165) is 22.6 Å². The number of hydrogen-bond donors (Lipinski definition) is 0. The third-order valence-corrected chi connectivity index (χ3v) is 5.34. The van der Waals surface area contributed by atoms with Gasteiger partial charge in [0.2, 0.25) is 0 Å². The van der Waals surface area contributed by atoms with E-state index in [2.05, 4.69) is 0 Å². The zero-order chi connectivity index (χ0) is 21.8. The Morgan fingerprint density at radius 1 is 1.00 bits per heavy atom. The lowest BCUT2D eigenvalue weighted by molar-refractivity contribution is 0.340. The van der Waals surface area contributed by atoms with Gasteiger partial charge in [0.15, 0.2) is 0 Å². The van der Waals surface area contributed by atoms with Crippen molar-refractivity contribution in [3.05, 3.63) is 87.7 Å². The highest BCUT2D eigenvalue weighted by Crippen LogP contribution is 2.25. The number of hydrogen-bond acceptors (Lipinski definition) is 4. The molecule has 0 unspecified atom stereocenters. The van der Waals surface area contributed by atoms with E-state index in [1.54, 1.807) is 29.9 Å². The molecule has 0 spiro atoms. The van der Waals surface area contributed by atoms with Crippen LogP contribution in [0.5, 0.6) is 11.5 Å². The number of fused-ring (bicyclic) bond motifs is 1. The first-order valence-corrected chi connectivity index (χ1v) is 10.5. The number of aryl methyl sites for hydroxylation is 1. The average Bonchev–Trinajstić information content (AvgIpc) is 2.79. The maximum absolute atomic E-state index is 13.4. The van der Waals surface area contributed by atoms with Crippen LogP contribution in [0.25, 0.3) is 22.3 Å². The van der Waals surface area contributed by atoms with E-state index in [1.807, 2.05) is 55.5 Å². The van der Waals surface area contributed by atoms with Gasteiger partial charge in [-0.05, 0) is 61.4 Å². The van der Waals surface area contributed by atoms with Crippen LogP contribution < -0.4 is 15.0 Å². The molecule has 4 rings (SSSR count). The van der Waals surface area contributed by atoms with Crippen molar-refractivity contribution in [2.45, 2.75) is 19.9 Å². The topological polar surface area (TPSA) is 53.3 Å². The zero-order valence-corrected chi connectivity index (χ0v) is 18.2. The van der Waals surface area contributed by atoms with Crippen LogP contribution in [0.2, 0.25) is 5.02 Å². The number of halogens is 1. The molecule has 3 aromatic carbocycles. The zero-order valence-electron chi connectivity index (χ0n) is 17.5. The van der Waals surface area contributed by atoms with Crippen molar-refractivity contribution in [1.82, 2.24) is 9.55 Å². The summed E-state index contributed by atoms with van der Waals surface area (Å²) >= 11 is 6.15. The maximum Gasteiger partial charge on any atom is 0.261 e. The van der Waals surface area contributed by atoms with Crippen molar-refractivity contribution in [3.8, 4) is 22.9 Å². The molecule has 31 heavy (non-hydrogen) atoms. The predicted octanol–water partition coefficient (Wildman–Crippen LogP) is 5.37. The summed E-state index contributed by atoms with van der Waals surface area (Å²) in [5, 5.41) is 1.02. The lowest BCUT2D eigenvalue weighted by atomic mass is 10.1. The van der Waals surface area contributed by atoms with Gasteiger partial charge >= 0.3 is 0 Å². The normalized spacial score (nSPS) is 10.9. The number of aromatic nitrogens is 2. The fourth-order valence-electron chi connectivity index (χ4n) is 3.55. The van der Waals surface area contributed by atoms with E-state index < -0.39 is 0 Å². The standard InChI is InChI=1S/C25H23ClN2O3/c1-3-31-21-6-4-5-18(15-21)24-27-23-12-9-19(26)16-22(23)25(29)28(24)14-13-17-7-10-20(30-2)11-8-17/h4-12,15-16H,3,13-14H2,1-2H3. The molecule has 0 aliphatic rings. The van der Waals surface area contributed by atoms with E-state index in [1.165, 1.54) is 0 Å². The van der Waals surface area contributed by atoms with Crippen LogP contribution in [0.4, 0.5) is 0 Å². The molecule has 0 N–H and O–H groups in total. The number of benzene rings is 3. The summed E-state index contributed by atoms with van der Waals surface area (Å²) in [4.78, 5) is 18.2.